The number of rotatable bonds is 6. The highest BCUT2D eigenvalue weighted by Crippen LogP contribution is 2.17. The Kier molecular flexibility index (Phi) is 5.37. The Labute approximate surface area is 127 Å². The summed E-state index contributed by atoms with van der Waals surface area (Å²) in [7, 11) is -3.48. The molecule has 3 N–H and O–H groups in total. The average Bonchev–Trinajstić information content (AvgIpc) is 2.99. The standard InChI is InChI=1S/C15H25N3O2S/c1-12-5-6-14(10-16)9-15(12)21(19,20)17-11-13(2)18-7-3-4-8-18/h5-6,9,13,17H,3-4,7-8,10-11,16H2,1-2H3. The molecule has 1 fully saturated rings. The summed E-state index contributed by atoms with van der Waals surface area (Å²) < 4.78 is 27.7. The predicted molar refractivity (Wildman–Crippen MR) is 84.5 cm³/mol. The van der Waals surface area contributed by atoms with E-state index < -0.39 is 10.0 Å². The largest absolute Gasteiger partial charge is 0.326 e. The quantitative estimate of drug-likeness (QED) is 0.828. The second-order valence-corrected chi connectivity index (χ2v) is 7.48. The fourth-order valence-corrected chi connectivity index (χ4v) is 4.10. The fourth-order valence-electron chi connectivity index (χ4n) is 2.68. The van der Waals surface area contributed by atoms with Crippen molar-refractivity contribution < 1.29 is 8.42 Å². The van der Waals surface area contributed by atoms with E-state index >= 15 is 0 Å². The van der Waals surface area contributed by atoms with Gasteiger partial charge in [0, 0.05) is 19.1 Å². The topological polar surface area (TPSA) is 75.4 Å². The van der Waals surface area contributed by atoms with Crippen molar-refractivity contribution in [3.63, 3.8) is 0 Å². The van der Waals surface area contributed by atoms with Gasteiger partial charge in [0.15, 0.2) is 0 Å². The molecule has 1 aliphatic rings. The molecule has 1 heterocycles. The van der Waals surface area contributed by atoms with Gasteiger partial charge in [-0.25, -0.2) is 13.1 Å². The Balaban J connectivity index is 2.07. The summed E-state index contributed by atoms with van der Waals surface area (Å²) >= 11 is 0. The van der Waals surface area contributed by atoms with E-state index in [4.69, 9.17) is 5.73 Å². The molecule has 5 nitrogen and oxygen atoms in total. The zero-order valence-corrected chi connectivity index (χ0v) is 13.6. The van der Waals surface area contributed by atoms with Crippen molar-refractivity contribution in [1.29, 1.82) is 0 Å². The Morgan fingerprint density at radius 1 is 1.33 bits per heavy atom. The predicted octanol–water partition coefficient (Wildman–Crippen LogP) is 1.22. The summed E-state index contributed by atoms with van der Waals surface area (Å²) in [5.74, 6) is 0. The minimum absolute atomic E-state index is 0.222. The molecule has 21 heavy (non-hydrogen) atoms. The van der Waals surface area contributed by atoms with Crippen molar-refractivity contribution >= 4 is 10.0 Å². The number of likely N-dealkylation sites (tertiary alicyclic amines) is 1. The molecule has 1 aliphatic heterocycles. The molecule has 0 aliphatic carbocycles. The van der Waals surface area contributed by atoms with Crippen LogP contribution in [0.1, 0.15) is 30.9 Å². The lowest BCUT2D eigenvalue weighted by Gasteiger charge is -2.24. The van der Waals surface area contributed by atoms with Crippen LogP contribution < -0.4 is 10.5 Å². The Morgan fingerprint density at radius 3 is 2.62 bits per heavy atom. The van der Waals surface area contributed by atoms with Crippen molar-refractivity contribution in [2.45, 2.75) is 44.2 Å². The molecule has 0 spiro atoms. The first-order valence-corrected chi connectivity index (χ1v) is 8.95. The van der Waals surface area contributed by atoms with Crippen LogP contribution >= 0.6 is 0 Å². The molecular formula is C15H25N3O2S. The molecule has 118 valence electrons. The van der Waals surface area contributed by atoms with Gasteiger partial charge in [0.25, 0.3) is 0 Å². The maximum Gasteiger partial charge on any atom is 0.240 e. The number of hydrogen-bond acceptors (Lipinski definition) is 4. The minimum atomic E-state index is -3.48. The van der Waals surface area contributed by atoms with Gasteiger partial charge in [0.1, 0.15) is 0 Å². The van der Waals surface area contributed by atoms with E-state index in [2.05, 4.69) is 16.5 Å². The molecule has 0 bridgehead atoms. The van der Waals surface area contributed by atoms with Crippen molar-refractivity contribution in [1.82, 2.24) is 9.62 Å². The van der Waals surface area contributed by atoms with Gasteiger partial charge in [-0.2, -0.15) is 0 Å². The van der Waals surface area contributed by atoms with Gasteiger partial charge in [-0.1, -0.05) is 12.1 Å². The summed E-state index contributed by atoms with van der Waals surface area (Å²) in [4.78, 5) is 2.66. The zero-order chi connectivity index (χ0) is 15.5. The van der Waals surface area contributed by atoms with Gasteiger partial charge in [-0.3, -0.25) is 4.90 Å². The van der Waals surface area contributed by atoms with Crippen LogP contribution in [-0.4, -0.2) is 39.0 Å². The molecule has 1 atom stereocenters. The van der Waals surface area contributed by atoms with Crippen molar-refractivity contribution in [2.75, 3.05) is 19.6 Å². The van der Waals surface area contributed by atoms with Gasteiger partial charge >= 0.3 is 0 Å². The van der Waals surface area contributed by atoms with Crippen LogP contribution in [0.4, 0.5) is 0 Å². The van der Waals surface area contributed by atoms with Crippen molar-refractivity contribution in [3.05, 3.63) is 29.3 Å². The molecule has 1 aromatic carbocycles. The molecule has 0 aromatic heterocycles. The monoisotopic (exact) mass is 311 g/mol. The van der Waals surface area contributed by atoms with E-state index in [0.29, 0.717) is 18.0 Å². The molecule has 1 saturated heterocycles. The third-order valence-corrected chi connectivity index (χ3v) is 5.68. The maximum atomic E-state index is 12.5. The molecular weight excluding hydrogens is 286 g/mol. The summed E-state index contributed by atoms with van der Waals surface area (Å²) in [5.41, 5.74) is 7.17. The number of nitrogens with two attached hydrogens (primary N) is 1. The Bertz CT molecular complexity index is 581. The summed E-state index contributed by atoms with van der Waals surface area (Å²) in [6.07, 6.45) is 2.41. The first-order valence-electron chi connectivity index (χ1n) is 7.47. The molecule has 6 heteroatoms. The minimum Gasteiger partial charge on any atom is -0.326 e. The SMILES string of the molecule is Cc1ccc(CN)cc1S(=O)(=O)NCC(C)N1CCCC1. The van der Waals surface area contributed by atoms with E-state index in [1.54, 1.807) is 19.1 Å². The van der Waals surface area contributed by atoms with Crippen molar-refractivity contribution in [2.24, 2.45) is 5.73 Å². The summed E-state index contributed by atoms with van der Waals surface area (Å²) in [5, 5.41) is 0. The van der Waals surface area contributed by atoms with Gasteiger partial charge in [-0.15, -0.1) is 0 Å². The number of nitrogens with zero attached hydrogens (tertiary/aromatic N) is 1. The van der Waals surface area contributed by atoms with E-state index in [9.17, 15) is 8.42 Å². The fraction of sp³-hybridized carbons (Fsp3) is 0.600. The van der Waals surface area contributed by atoms with Crippen molar-refractivity contribution in [3.8, 4) is 0 Å². The van der Waals surface area contributed by atoms with Crippen LogP contribution in [0.3, 0.4) is 0 Å². The summed E-state index contributed by atoms with van der Waals surface area (Å²) in [6, 6.07) is 5.56. The van der Waals surface area contributed by atoms with E-state index in [-0.39, 0.29) is 6.04 Å². The highest BCUT2D eigenvalue weighted by atomic mass is 32.2. The molecule has 1 aromatic rings. The van der Waals surface area contributed by atoms with E-state index in [0.717, 1.165) is 24.2 Å². The lowest BCUT2D eigenvalue weighted by molar-refractivity contribution is 0.260. The van der Waals surface area contributed by atoms with Gasteiger partial charge in [0.05, 0.1) is 4.90 Å². The second-order valence-electron chi connectivity index (χ2n) is 5.75. The average molecular weight is 311 g/mol. The molecule has 0 radical (unpaired) electrons. The van der Waals surface area contributed by atoms with Crippen LogP contribution in [0, 0.1) is 6.92 Å². The molecule has 2 rings (SSSR count). The van der Waals surface area contributed by atoms with E-state index in [1.807, 2.05) is 6.07 Å². The second kappa shape index (κ2) is 6.87. The lowest BCUT2D eigenvalue weighted by atomic mass is 10.1. The maximum absolute atomic E-state index is 12.5. The Morgan fingerprint density at radius 2 is 2.00 bits per heavy atom. The molecule has 0 saturated carbocycles. The third-order valence-electron chi connectivity index (χ3n) is 4.11. The number of hydrogen-bond donors (Lipinski definition) is 2. The van der Waals surface area contributed by atoms with Gasteiger partial charge < -0.3 is 5.73 Å². The third kappa shape index (κ3) is 4.03. The van der Waals surface area contributed by atoms with Crippen LogP contribution in [0.15, 0.2) is 23.1 Å². The normalized spacial score (nSPS) is 18.0. The first kappa shape index (κ1) is 16.4. The number of nitrogens with one attached hydrogen (secondary N) is 1. The highest BCUT2D eigenvalue weighted by molar-refractivity contribution is 7.89. The first-order chi connectivity index (χ1) is 9.94. The van der Waals surface area contributed by atoms with Gasteiger partial charge in [-0.05, 0) is 57.0 Å². The zero-order valence-electron chi connectivity index (χ0n) is 12.8. The Hall–Kier alpha value is -0.950. The number of sulfonamides is 1. The van der Waals surface area contributed by atoms with Crippen LogP contribution in [0.25, 0.3) is 0 Å². The number of aryl methyl sites for hydroxylation is 1. The smallest absolute Gasteiger partial charge is 0.240 e. The lowest BCUT2D eigenvalue weighted by Crippen LogP contribution is -2.40. The highest BCUT2D eigenvalue weighted by Gasteiger charge is 2.22. The van der Waals surface area contributed by atoms with Crippen LogP contribution in [0.5, 0.6) is 0 Å². The van der Waals surface area contributed by atoms with Crippen LogP contribution in [-0.2, 0) is 16.6 Å². The van der Waals surface area contributed by atoms with Gasteiger partial charge in [0.2, 0.25) is 10.0 Å². The number of benzene rings is 1. The summed E-state index contributed by atoms with van der Waals surface area (Å²) in [6.45, 7) is 6.77. The van der Waals surface area contributed by atoms with Crippen LogP contribution in [0.2, 0.25) is 0 Å². The molecule has 0 amide bonds. The molecule has 1 unspecified atom stereocenters. The van der Waals surface area contributed by atoms with E-state index in [1.165, 1.54) is 12.8 Å².